The summed E-state index contributed by atoms with van der Waals surface area (Å²) in [6.07, 6.45) is 4.97. The molecule has 14 heteroatoms. The Kier molecular flexibility index (Phi) is 8.18. The van der Waals surface area contributed by atoms with Crippen molar-refractivity contribution in [3.05, 3.63) is 89.1 Å². The monoisotopic (exact) mass is 616 g/mol. The lowest BCUT2D eigenvalue weighted by atomic mass is 10.0. The van der Waals surface area contributed by atoms with Crippen LogP contribution in [0, 0.1) is 12.7 Å². The van der Waals surface area contributed by atoms with Gasteiger partial charge in [-0.3, -0.25) is 14.6 Å². The van der Waals surface area contributed by atoms with Gasteiger partial charge in [-0.25, -0.2) is 22.9 Å². The smallest absolute Gasteiger partial charge is 0.296 e. The molecular formula is C28H29FN4O7S2. The molecule has 4 aromatic rings. The molecule has 2 aromatic heterocycles. The maximum Gasteiger partial charge on any atom is 0.296 e. The zero-order chi connectivity index (χ0) is 30.2. The number of hydrogen-bond acceptors (Lipinski definition) is 7. The van der Waals surface area contributed by atoms with Gasteiger partial charge in [0.25, 0.3) is 16.0 Å². The summed E-state index contributed by atoms with van der Waals surface area (Å²) < 4.78 is 73.1. The van der Waals surface area contributed by atoms with E-state index in [1.807, 2.05) is 6.92 Å². The fourth-order valence-electron chi connectivity index (χ4n) is 5.07. The third-order valence-electron chi connectivity index (χ3n) is 7.27. The summed E-state index contributed by atoms with van der Waals surface area (Å²) in [7, 11) is -7.79. The van der Waals surface area contributed by atoms with Gasteiger partial charge in [-0.2, -0.15) is 12.7 Å². The molecule has 2 aromatic carbocycles. The molecule has 0 spiro atoms. The van der Waals surface area contributed by atoms with E-state index in [4.69, 9.17) is 4.55 Å². The number of sulfonamides is 1. The Balaban J connectivity index is 0.000000271. The maximum absolute atomic E-state index is 13.5. The third-order valence-corrected chi connectivity index (χ3v) is 10.0. The first-order valence-electron chi connectivity index (χ1n) is 13.2. The Morgan fingerprint density at radius 1 is 0.952 bits per heavy atom. The molecule has 1 fully saturated rings. The Bertz CT molecular complexity index is 1850. The van der Waals surface area contributed by atoms with Crippen molar-refractivity contribution < 1.29 is 35.8 Å². The molecule has 2 aliphatic heterocycles. The molecular weight excluding hydrogens is 587 g/mol. The van der Waals surface area contributed by atoms with Crippen molar-refractivity contribution in [2.24, 2.45) is 0 Å². The SMILES string of the molecule is Cc1ccc(S(=O)(=O)O)cc1.O=C1c2ncc3c(c(S(=O)(=O)N4CCCC4)cn3Cc3ccc(F)cc3)c2CCN1O. The zero-order valence-corrected chi connectivity index (χ0v) is 24.3. The predicted octanol–water partition coefficient (Wildman–Crippen LogP) is 3.64. The highest BCUT2D eigenvalue weighted by Crippen LogP contribution is 2.35. The van der Waals surface area contributed by atoms with Crippen LogP contribution >= 0.6 is 0 Å². The number of fused-ring (bicyclic) bond motifs is 3. The average molecular weight is 617 g/mol. The highest BCUT2D eigenvalue weighted by molar-refractivity contribution is 7.89. The number of nitrogens with zero attached hydrogens (tertiary/aromatic N) is 4. The van der Waals surface area contributed by atoms with E-state index in [1.165, 1.54) is 34.8 Å². The molecule has 42 heavy (non-hydrogen) atoms. The zero-order valence-electron chi connectivity index (χ0n) is 22.6. The lowest BCUT2D eigenvalue weighted by molar-refractivity contribution is -0.0606. The number of rotatable bonds is 5. The topological polar surface area (TPSA) is 150 Å². The number of carbonyl (C=O) groups excluding carboxylic acids is 1. The molecule has 11 nitrogen and oxygen atoms in total. The number of aryl methyl sites for hydroxylation is 1. The van der Waals surface area contributed by atoms with Gasteiger partial charge in [-0.05, 0) is 61.6 Å². The maximum atomic E-state index is 13.5. The van der Waals surface area contributed by atoms with E-state index < -0.39 is 26.0 Å². The summed E-state index contributed by atoms with van der Waals surface area (Å²) in [5, 5.41) is 10.9. The Hall–Kier alpha value is -3.69. The standard InChI is InChI=1S/C21H21FN4O4S.C7H8O3S/c22-15-5-3-14(4-6-15)12-24-13-18(31(29,30)25-8-1-2-9-25)19-16-7-10-26(28)21(27)20(16)23-11-17(19)24;1-6-2-4-7(5-3-6)11(8,9)10/h3-6,11,13,28H,1-2,7-10,12H2;2-5H,1H3,(H,8,9,10). The van der Waals surface area contributed by atoms with E-state index >= 15 is 0 Å². The lowest BCUT2D eigenvalue weighted by Crippen LogP contribution is -2.35. The predicted molar refractivity (Wildman–Crippen MR) is 151 cm³/mol. The van der Waals surface area contributed by atoms with Crippen LogP contribution in [-0.4, -0.2) is 71.1 Å². The Morgan fingerprint density at radius 2 is 1.60 bits per heavy atom. The number of carbonyl (C=O) groups is 1. The molecule has 222 valence electrons. The van der Waals surface area contributed by atoms with E-state index in [9.17, 15) is 31.2 Å². The van der Waals surface area contributed by atoms with Gasteiger partial charge in [0.05, 0.1) is 23.2 Å². The third kappa shape index (κ3) is 5.94. The van der Waals surface area contributed by atoms with E-state index in [0.717, 1.165) is 24.0 Å². The van der Waals surface area contributed by atoms with Gasteiger partial charge in [-0.15, -0.1) is 0 Å². The van der Waals surface area contributed by atoms with E-state index in [0.29, 0.717) is 47.6 Å². The molecule has 0 aliphatic carbocycles. The quantitative estimate of drug-likeness (QED) is 0.255. The molecule has 4 heterocycles. The minimum absolute atomic E-state index is 0.0666. The summed E-state index contributed by atoms with van der Waals surface area (Å²) in [4.78, 5) is 16.7. The molecule has 1 saturated heterocycles. The Morgan fingerprint density at radius 3 is 2.21 bits per heavy atom. The first-order chi connectivity index (χ1) is 19.9. The largest absolute Gasteiger partial charge is 0.340 e. The minimum Gasteiger partial charge on any atom is -0.340 e. The van der Waals surface area contributed by atoms with Gasteiger partial charge >= 0.3 is 0 Å². The van der Waals surface area contributed by atoms with Crippen molar-refractivity contribution in [3.63, 3.8) is 0 Å². The van der Waals surface area contributed by atoms with Gasteiger partial charge in [0.1, 0.15) is 16.4 Å². The van der Waals surface area contributed by atoms with Crippen LogP contribution in [0.5, 0.6) is 0 Å². The summed E-state index contributed by atoms with van der Waals surface area (Å²) in [6.45, 7) is 3.16. The molecule has 0 unspecified atom stereocenters. The molecule has 1 amide bonds. The van der Waals surface area contributed by atoms with Crippen molar-refractivity contribution in [1.29, 1.82) is 0 Å². The minimum atomic E-state index is -4.02. The first-order valence-corrected chi connectivity index (χ1v) is 16.0. The summed E-state index contributed by atoms with van der Waals surface area (Å²) in [6, 6.07) is 12.0. The average Bonchev–Trinajstić information content (AvgIpc) is 3.62. The molecule has 0 saturated carbocycles. The number of hydrogen-bond donors (Lipinski definition) is 2. The van der Waals surface area contributed by atoms with Crippen molar-refractivity contribution in [1.82, 2.24) is 18.9 Å². The van der Waals surface area contributed by atoms with Crippen LogP contribution in [0.15, 0.2) is 70.7 Å². The number of pyridine rings is 1. The van der Waals surface area contributed by atoms with Crippen LogP contribution in [0.1, 0.15) is 40.0 Å². The van der Waals surface area contributed by atoms with Crippen LogP contribution < -0.4 is 0 Å². The van der Waals surface area contributed by atoms with Crippen LogP contribution in [0.25, 0.3) is 10.9 Å². The van der Waals surface area contributed by atoms with Gasteiger partial charge in [0.2, 0.25) is 10.0 Å². The van der Waals surface area contributed by atoms with E-state index in [2.05, 4.69) is 4.98 Å². The second kappa shape index (κ2) is 11.5. The fraction of sp³-hybridized carbons (Fsp3) is 0.286. The molecule has 0 atom stereocenters. The van der Waals surface area contributed by atoms with Crippen molar-refractivity contribution >= 4 is 37.0 Å². The highest BCUT2D eigenvalue weighted by Gasteiger charge is 2.34. The van der Waals surface area contributed by atoms with E-state index in [-0.39, 0.29) is 27.8 Å². The molecule has 0 bridgehead atoms. The molecule has 0 radical (unpaired) electrons. The number of halogens is 1. The van der Waals surface area contributed by atoms with Gasteiger partial charge in [0, 0.05) is 31.2 Å². The molecule has 2 N–H and O–H groups in total. The highest BCUT2D eigenvalue weighted by atomic mass is 32.2. The second-order valence-electron chi connectivity index (χ2n) is 10.2. The fourth-order valence-corrected chi connectivity index (χ4v) is 7.31. The van der Waals surface area contributed by atoms with Crippen LogP contribution in [-0.2, 0) is 33.1 Å². The summed E-state index contributed by atoms with van der Waals surface area (Å²) >= 11 is 0. The molecule has 2 aliphatic rings. The number of benzene rings is 2. The van der Waals surface area contributed by atoms with Crippen LogP contribution in [0.2, 0.25) is 0 Å². The van der Waals surface area contributed by atoms with Crippen LogP contribution in [0.3, 0.4) is 0 Å². The second-order valence-corrected chi connectivity index (χ2v) is 13.5. The number of aromatic nitrogens is 2. The van der Waals surface area contributed by atoms with Gasteiger partial charge in [0.15, 0.2) is 0 Å². The normalized spacial score (nSPS) is 15.9. The Labute approximate surface area is 242 Å². The van der Waals surface area contributed by atoms with Gasteiger partial charge < -0.3 is 4.57 Å². The van der Waals surface area contributed by atoms with Gasteiger partial charge in [-0.1, -0.05) is 29.8 Å². The molecule has 6 rings (SSSR count). The van der Waals surface area contributed by atoms with Crippen molar-refractivity contribution in [2.75, 3.05) is 19.6 Å². The van der Waals surface area contributed by atoms with E-state index in [1.54, 1.807) is 35.0 Å². The van der Waals surface area contributed by atoms with Crippen molar-refractivity contribution in [3.8, 4) is 0 Å². The lowest BCUT2D eigenvalue weighted by Gasteiger charge is -2.23. The van der Waals surface area contributed by atoms with Crippen molar-refractivity contribution in [2.45, 2.75) is 42.5 Å². The number of amides is 1. The summed E-state index contributed by atoms with van der Waals surface area (Å²) in [5.74, 6) is -0.986. The number of hydroxylamine groups is 2. The van der Waals surface area contributed by atoms with Crippen LogP contribution in [0.4, 0.5) is 4.39 Å². The summed E-state index contributed by atoms with van der Waals surface area (Å²) in [5.41, 5.74) is 2.94. The first kappa shape index (κ1) is 29.8.